The fourth-order valence-electron chi connectivity index (χ4n) is 2.95. The minimum absolute atomic E-state index is 0.222. The number of H-pyrrole nitrogens is 2. The van der Waals surface area contributed by atoms with Gasteiger partial charge in [-0.05, 0) is 42.3 Å². The van der Waals surface area contributed by atoms with Crippen molar-refractivity contribution in [3.63, 3.8) is 0 Å². The van der Waals surface area contributed by atoms with E-state index in [0.29, 0.717) is 29.4 Å². The van der Waals surface area contributed by atoms with Crippen LogP contribution in [-0.4, -0.2) is 37.6 Å². The van der Waals surface area contributed by atoms with Crippen LogP contribution in [0.5, 0.6) is 5.75 Å². The fourth-order valence-corrected chi connectivity index (χ4v) is 2.95. The van der Waals surface area contributed by atoms with Crippen molar-refractivity contribution in [3.8, 4) is 28.3 Å². The van der Waals surface area contributed by atoms with Gasteiger partial charge in [0.1, 0.15) is 11.6 Å². The molecule has 4 rings (SSSR count). The smallest absolute Gasteiger partial charge is 0.335 e. The first kappa shape index (κ1) is 17.5. The number of carboxylic acid groups (broad SMARTS) is 1. The predicted octanol–water partition coefficient (Wildman–Crippen LogP) is 3.08. The third-order valence-corrected chi connectivity index (χ3v) is 4.29. The molecule has 2 heterocycles. The summed E-state index contributed by atoms with van der Waals surface area (Å²) < 4.78 is 5.77. The van der Waals surface area contributed by atoms with Gasteiger partial charge in [0.2, 0.25) is 0 Å². The quantitative estimate of drug-likeness (QED) is 0.492. The lowest BCUT2D eigenvalue weighted by Crippen LogP contribution is -2.10. The lowest BCUT2D eigenvalue weighted by molar-refractivity contribution is 0.0697. The zero-order chi connectivity index (χ0) is 19.7. The number of aromatic nitrogens is 4. The van der Waals surface area contributed by atoms with Crippen LogP contribution in [0.4, 0.5) is 0 Å². The molecule has 0 saturated heterocycles. The molecule has 2 aromatic heterocycles. The summed E-state index contributed by atoms with van der Waals surface area (Å²) in [6.45, 7) is 2.30. The van der Waals surface area contributed by atoms with Crippen molar-refractivity contribution in [2.24, 2.45) is 0 Å². The number of hydrogen-bond acceptors (Lipinski definition) is 5. The van der Waals surface area contributed by atoms with E-state index in [1.165, 1.54) is 6.33 Å². The summed E-state index contributed by atoms with van der Waals surface area (Å²) in [6.07, 6.45) is 1.42. The SMILES string of the molecule is CCOc1cc(-c2ccc(C(=O)O)cc2)ccc1-c1nc2[nH]cnc2c(=O)[nH]1. The Bertz CT molecular complexity index is 1230. The molecule has 0 aliphatic rings. The molecular weight excluding hydrogens is 360 g/mol. The zero-order valence-electron chi connectivity index (χ0n) is 14.9. The number of carboxylic acids is 1. The van der Waals surface area contributed by atoms with E-state index in [1.807, 2.05) is 25.1 Å². The van der Waals surface area contributed by atoms with E-state index >= 15 is 0 Å². The highest BCUT2D eigenvalue weighted by Gasteiger charge is 2.14. The molecule has 0 fully saturated rings. The topological polar surface area (TPSA) is 121 Å². The Morgan fingerprint density at radius 2 is 1.89 bits per heavy atom. The van der Waals surface area contributed by atoms with Crippen LogP contribution in [0.25, 0.3) is 33.7 Å². The number of nitrogens with zero attached hydrogens (tertiary/aromatic N) is 2. The van der Waals surface area contributed by atoms with Crippen LogP contribution in [0.2, 0.25) is 0 Å². The molecule has 140 valence electrons. The van der Waals surface area contributed by atoms with Gasteiger partial charge in [-0.1, -0.05) is 18.2 Å². The first-order valence-corrected chi connectivity index (χ1v) is 8.61. The number of hydrogen-bond donors (Lipinski definition) is 3. The molecule has 2 aromatic carbocycles. The first-order valence-electron chi connectivity index (χ1n) is 8.61. The molecule has 0 aliphatic heterocycles. The second kappa shape index (κ2) is 6.99. The molecule has 0 saturated carbocycles. The van der Waals surface area contributed by atoms with E-state index in [1.54, 1.807) is 24.3 Å². The van der Waals surface area contributed by atoms with E-state index < -0.39 is 5.97 Å². The number of benzene rings is 2. The average molecular weight is 376 g/mol. The third kappa shape index (κ3) is 3.11. The number of rotatable bonds is 5. The van der Waals surface area contributed by atoms with Crippen molar-refractivity contribution in [3.05, 3.63) is 64.7 Å². The number of ether oxygens (including phenoxy) is 1. The van der Waals surface area contributed by atoms with Crippen LogP contribution in [0.15, 0.2) is 53.6 Å². The largest absolute Gasteiger partial charge is 0.493 e. The average Bonchev–Trinajstić information content (AvgIpc) is 3.17. The number of carbonyl (C=O) groups is 1. The molecule has 0 atom stereocenters. The summed E-state index contributed by atoms with van der Waals surface area (Å²) in [6, 6.07) is 12.1. The molecule has 8 nitrogen and oxygen atoms in total. The standard InChI is InChI=1S/C20H16N4O4/c1-2-28-15-9-13(11-3-5-12(6-4-11)20(26)27)7-8-14(15)17-23-18-16(19(25)24-17)21-10-22-18/h3-10H,2H2,1H3,(H,26,27)(H2,21,22,23,24,25). The monoisotopic (exact) mass is 376 g/mol. The number of imidazole rings is 1. The highest BCUT2D eigenvalue weighted by Crippen LogP contribution is 2.33. The lowest BCUT2D eigenvalue weighted by atomic mass is 10.0. The van der Waals surface area contributed by atoms with E-state index in [-0.39, 0.29) is 16.6 Å². The predicted molar refractivity (Wildman–Crippen MR) is 104 cm³/mol. The maximum absolute atomic E-state index is 12.2. The van der Waals surface area contributed by atoms with Crippen LogP contribution in [0, 0.1) is 0 Å². The number of nitrogens with one attached hydrogen (secondary N) is 2. The summed E-state index contributed by atoms with van der Waals surface area (Å²) in [5.41, 5.74) is 2.88. The Labute approximate surface area is 158 Å². The Kier molecular flexibility index (Phi) is 4.36. The number of aromatic carboxylic acids is 1. The summed E-state index contributed by atoms with van der Waals surface area (Å²) in [5.74, 6) is -0.0385. The van der Waals surface area contributed by atoms with Crippen LogP contribution >= 0.6 is 0 Å². The van der Waals surface area contributed by atoms with E-state index in [4.69, 9.17) is 9.84 Å². The van der Waals surface area contributed by atoms with E-state index in [2.05, 4.69) is 19.9 Å². The molecule has 3 N–H and O–H groups in total. The minimum Gasteiger partial charge on any atom is -0.493 e. The Hall–Kier alpha value is -3.94. The summed E-state index contributed by atoms with van der Waals surface area (Å²) >= 11 is 0. The zero-order valence-corrected chi connectivity index (χ0v) is 14.9. The van der Waals surface area contributed by atoms with Gasteiger partial charge in [0.25, 0.3) is 5.56 Å². The summed E-state index contributed by atoms with van der Waals surface area (Å²) in [7, 11) is 0. The van der Waals surface area contributed by atoms with Gasteiger partial charge in [-0.2, -0.15) is 0 Å². The van der Waals surface area contributed by atoms with Crippen LogP contribution in [-0.2, 0) is 0 Å². The van der Waals surface area contributed by atoms with Crippen molar-refractivity contribution in [2.45, 2.75) is 6.92 Å². The normalized spacial score (nSPS) is 10.9. The van der Waals surface area contributed by atoms with E-state index in [0.717, 1.165) is 11.1 Å². The third-order valence-electron chi connectivity index (χ3n) is 4.29. The number of fused-ring (bicyclic) bond motifs is 1. The van der Waals surface area contributed by atoms with Crippen molar-refractivity contribution in [2.75, 3.05) is 6.61 Å². The minimum atomic E-state index is -0.971. The van der Waals surface area contributed by atoms with Gasteiger partial charge in [0.05, 0.1) is 24.1 Å². The molecular formula is C20H16N4O4. The molecule has 8 heteroatoms. The van der Waals surface area contributed by atoms with Crippen LogP contribution in [0.1, 0.15) is 17.3 Å². The van der Waals surface area contributed by atoms with Gasteiger partial charge >= 0.3 is 5.97 Å². The second-order valence-electron chi connectivity index (χ2n) is 6.04. The van der Waals surface area contributed by atoms with Crippen molar-refractivity contribution >= 4 is 17.1 Å². The lowest BCUT2D eigenvalue weighted by Gasteiger charge is -2.12. The molecule has 0 bridgehead atoms. The fraction of sp³-hybridized carbons (Fsp3) is 0.100. The van der Waals surface area contributed by atoms with Crippen LogP contribution < -0.4 is 10.3 Å². The van der Waals surface area contributed by atoms with E-state index in [9.17, 15) is 9.59 Å². The maximum atomic E-state index is 12.2. The highest BCUT2D eigenvalue weighted by atomic mass is 16.5. The van der Waals surface area contributed by atoms with Gasteiger partial charge in [0.15, 0.2) is 11.2 Å². The molecule has 0 unspecified atom stereocenters. The van der Waals surface area contributed by atoms with Gasteiger partial charge in [-0.15, -0.1) is 0 Å². The van der Waals surface area contributed by atoms with Crippen molar-refractivity contribution in [1.29, 1.82) is 0 Å². The molecule has 0 aliphatic carbocycles. The van der Waals surface area contributed by atoms with Gasteiger partial charge < -0.3 is 19.8 Å². The van der Waals surface area contributed by atoms with Crippen molar-refractivity contribution < 1.29 is 14.6 Å². The molecule has 4 aromatic rings. The summed E-state index contributed by atoms with van der Waals surface area (Å²) in [4.78, 5) is 37.2. The van der Waals surface area contributed by atoms with Gasteiger partial charge in [-0.25, -0.2) is 14.8 Å². The Morgan fingerprint density at radius 3 is 2.61 bits per heavy atom. The molecule has 0 spiro atoms. The first-order chi connectivity index (χ1) is 13.6. The van der Waals surface area contributed by atoms with Crippen LogP contribution in [0.3, 0.4) is 0 Å². The second-order valence-corrected chi connectivity index (χ2v) is 6.04. The summed E-state index contributed by atoms with van der Waals surface area (Å²) in [5, 5.41) is 9.04. The van der Waals surface area contributed by atoms with Gasteiger partial charge in [0, 0.05) is 0 Å². The van der Waals surface area contributed by atoms with Gasteiger partial charge in [-0.3, -0.25) is 4.79 Å². The molecule has 0 radical (unpaired) electrons. The molecule has 28 heavy (non-hydrogen) atoms. The Balaban J connectivity index is 1.80. The highest BCUT2D eigenvalue weighted by molar-refractivity contribution is 5.88. The van der Waals surface area contributed by atoms with Crippen molar-refractivity contribution in [1.82, 2.24) is 19.9 Å². The maximum Gasteiger partial charge on any atom is 0.335 e. The Morgan fingerprint density at radius 1 is 1.14 bits per heavy atom. The molecule has 0 amide bonds. The number of aromatic amines is 2.